The molecular weight excluding hydrogens is 142 g/mol. The number of likely N-dealkylation sites (tertiary alicyclic amines) is 1. The lowest BCUT2D eigenvalue weighted by Gasteiger charge is -2.14. The van der Waals surface area contributed by atoms with Gasteiger partial charge in [0, 0.05) is 19.5 Å². The number of amides is 1. The number of nitrogens with zero attached hydrogens (tertiary/aromatic N) is 1. The van der Waals surface area contributed by atoms with Gasteiger partial charge >= 0.3 is 0 Å². The molecule has 1 amide bonds. The predicted octanol–water partition coefficient (Wildman–Crippen LogP) is -0.399. The maximum atomic E-state index is 11.2. The molecule has 0 aromatic rings. The van der Waals surface area contributed by atoms with Crippen molar-refractivity contribution in [2.24, 2.45) is 0 Å². The Hall–Kier alpha value is -1.01. The van der Waals surface area contributed by atoms with Gasteiger partial charge in [-0.05, 0) is 6.92 Å². The largest absolute Gasteiger partial charge is 0.369 e. The number of rotatable bonds is 0. The van der Waals surface area contributed by atoms with Crippen molar-refractivity contribution in [2.45, 2.75) is 25.0 Å². The van der Waals surface area contributed by atoms with E-state index < -0.39 is 5.60 Å². The van der Waals surface area contributed by atoms with Crippen molar-refractivity contribution in [3.05, 3.63) is 0 Å². The first-order chi connectivity index (χ1) is 5.01. The number of carbonyl (C=O) groups excluding carboxylic acids is 1. The van der Waals surface area contributed by atoms with Crippen molar-refractivity contribution >= 4 is 5.91 Å². The number of carbonyl (C=O) groups is 1. The van der Waals surface area contributed by atoms with E-state index in [0.29, 0.717) is 6.42 Å². The van der Waals surface area contributed by atoms with Crippen LogP contribution in [0.15, 0.2) is 0 Å². The van der Waals surface area contributed by atoms with Gasteiger partial charge in [0.25, 0.3) is 5.91 Å². The fraction of sp³-hybridized carbons (Fsp3) is 0.625. The van der Waals surface area contributed by atoms with Crippen LogP contribution in [0.2, 0.25) is 0 Å². The van der Waals surface area contributed by atoms with Gasteiger partial charge in [-0.15, -0.1) is 6.42 Å². The molecule has 0 bridgehead atoms. The van der Waals surface area contributed by atoms with Gasteiger partial charge in [-0.1, -0.05) is 5.92 Å². The van der Waals surface area contributed by atoms with Gasteiger partial charge in [0.1, 0.15) is 0 Å². The average Bonchev–Trinajstić information content (AvgIpc) is 2.17. The molecule has 0 aromatic carbocycles. The lowest BCUT2D eigenvalue weighted by molar-refractivity contribution is -0.138. The molecule has 1 aliphatic rings. The molecule has 0 unspecified atom stereocenters. The summed E-state index contributed by atoms with van der Waals surface area (Å²) in [6, 6.07) is 0.0311. The Labute approximate surface area is 66.0 Å². The van der Waals surface area contributed by atoms with Gasteiger partial charge in [-0.2, -0.15) is 0 Å². The molecule has 0 radical (unpaired) electrons. The molecule has 3 heteroatoms. The molecule has 0 saturated carbocycles. The van der Waals surface area contributed by atoms with E-state index in [0.717, 1.165) is 0 Å². The van der Waals surface area contributed by atoms with Gasteiger partial charge in [-0.3, -0.25) is 4.79 Å². The fourth-order valence-electron chi connectivity index (χ4n) is 1.26. The van der Waals surface area contributed by atoms with Crippen LogP contribution in [0, 0.1) is 12.3 Å². The Bertz CT molecular complexity index is 231. The zero-order valence-electron chi connectivity index (χ0n) is 6.66. The summed E-state index contributed by atoms with van der Waals surface area (Å²) in [6.07, 6.45) is 5.37. The first-order valence-corrected chi connectivity index (χ1v) is 3.48. The molecule has 1 heterocycles. The Morgan fingerprint density at radius 3 is 2.64 bits per heavy atom. The third-order valence-corrected chi connectivity index (χ3v) is 2.16. The van der Waals surface area contributed by atoms with Gasteiger partial charge in [0.2, 0.25) is 5.60 Å². The van der Waals surface area contributed by atoms with E-state index in [9.17, 15) is 9.90 Å². The molecule has 0 aromatic heterocycles. The molecule has 2 atom stereocenters. The van der Waals surface area contributed by atoms with Crippen molar-refractivity contribution < 1.29 is 9.90 Å². The van der Waals surface area contributed by atoms with Crippen LogP contribution in [0.25, 0.3) is 0 Å². The first kappa shape index (κ1) is 8.09. The van der Waals surface area contributed by atoms with E-state index >= 15 is 0 Å². The summed E-state index contributed by atoms with van der Waals surface area (Å²) < 4.78 is 0. The third-order valence-electron chi connectivity index (χ3n) is 2.16. The lowest BCUT2D eigenvalue weighted by atomic mass is 10.0. The SMILES string of the molecule is C#C[C@]1(O)C[C@@H](C)N(C)C1=O. The number of aliphatic hydroxyl groups is 1. The van der Waals surface area contributed by atoms with Crippen molar-refractivity contribution in [3.63, 3.8) is 0 Å². The minimum atomic E-state index is -1.55. The van der Waals surface area contributed by atoms with Crippen LogP contribution < -0.4 is 0 Å². The van der Waals surface area contributed by atoms with E-state index in [-0.39, 0.29) is 11.9 Å². The Kier molecular flexibility index (Phi) is 1.65. The molecule has 1 fully saturated rings. The summed E-state index contributed by atoms with van der Waals surface area (Å²) in [5, 5.41) is 9.48. The van der Waals surface area contributed by atoms with E-state index in [1.54, 1.807) is 7.05 Å². The summed E-state index contributed by atoms with van der Waals surface area (Å²) in [5.41, 5.74) is -1.55. The Morgan fingerprint density at radius 1 is 1.91 bits per heavy atom. The molecule has 1 rings (SSSR count). The number of hydrogen-bond donors (Lipinski definition) is 1. The lowest BCUT2D eigenvalue weighted by Crippen LogP contribution is -2.37. The third kappa shape index (κ3) is 0.997. The summed E-state index contributed by atoms with van der Waals surface area (Å²) in [7, 11) is 1.64. The van der Waals surface area contributed by atoms with E-state index in [4.69, 9.17) is 6.42 Å². The summed E-state index contributed by atoms with van der Waals surface area (Å²) in [5.74, 6) is 1.75. The molecule has 1 aliphatic heterocycles. The highest BCUT2D eigenvalue weighted by Crippen LogP contribution is 2.25. The first-order valence-electron chi connectivity index (χ1n) is 3.48. The van der Waals surface area contributed by atoms with Crippen LogP contribution in [0.1, 0.15) is 13.3 Å². The predicted molar refractivity (Wildman–Crippen MR) is 40.6 cm³/mol. The summed E-state index contributed by atoms with van der Waals surface area (Å²) in [4.78, 5) is 12.7. The molecular formula is C8H11NO2. The molecule has 3 nitrogen and oxygen atoms in total. The standard InChI is InChI=1S/C8H11NO2/c1-4-8(11)5-6(2)9(3)7(8)10/h1,6,11H,5H2,2-3H3/t6-,8+/m1/s1. The highest BCUT2D eigenvalue weighted by Gasteiger charge is 2.46. The number of likely N-dealkylation sites (N-methyl/N-ethyl adjacent to an activating group) is 1. The minimum absolute atomic E-state index is 0.0311. The van der Waals surface area contributed by atoms with Crippen LogP contribution in [0.5, 0.6) is 0 Å². The number of hydrogen-bond acceptors (Lipinski definition) is 2. The van der Waals surface area contributed by atoms with E-state index in [1.165, 1.54) is 4.90 Å². The molecule has 0 aliphatic carbocycles. The summed E-state index contributed by atoms with van der Waals surface area (Å²) in [6.45, 7) is 1.85. The zero-order chi connectivity index (χ0) is 8.65. The number of terminal acetylenes is 1. The maximum Gasteiger partial charge on any atom is 0.267 e. The van der Waals surface area contributed by atoms with Gasteiger partial charge in [0.15, 0.2) is 0 Å². The molecule has 0 spiro atoms. The minimum Gasteiger partial charge on any atom is -0.369 e. The molecule has 11 heavy (non-hydrogen) atoms. The van der Waals surface area contributed by atoms with Crippen molar-refractivity contribution in [1.29, 1.82) is 0 Å². The van der Waals surface area contributed by atoms with Crippen molar-refractivity contribution in [3.8, 4) is 12.3 Å². The normalized spacial score (nSPS) is 37.5. The van der Waals surface area contributed by atoms with Crippen LogP contribution in [-0.2, 0) is 4.79 Å². The smallest absolute Gasteiger partial charge is 0.267 e. The second kappa shape index (κ2) is 2.24. The average molecular weight is 153 g/mol. The van der Waals surface area contributed by atoms with Crippen LogP contribution in [0.3, 0.4) is 0 Å². The second-order valence-electron chi connectivity index (χ2n) is 2.97. The van der Waals surface area contributed by atoms with Gasteiger partial charge in [-0.25, -0.2) is 0 Å². The van der Waals surface area contributed by atoms with Crippen LogP contribution >= 0.6 is 0 Å². The van der Waals surface area contributed by atoms with Crippen LogP contribution in [0.4, 0.5) is 0 Å². The monoisotopic (exact) mass is 153 g/mol. The fourth-order valence-corrected chi connectivity index (χ4v) is 1.26. The van der Waals surface area contributed by atoms with Gasteiger partial charge in [0.05, 0.1) is 0 Å². The molecule has 60 valence electrons. The van der Waals surface area contributed by atoms with E-state index in [2.05, 4.69) is 5.92 Å². The second-order valence-corrected chi connectivity index (χ2v) is 2.97. The molecule has 1 saturated heterocycles. The van der Waals surface area contributed by atoms with Gasteiger partial charge < -0.3 is 10.0 Å². The van der Waals surface area contributed by atoms with E-state index in [1.807, 2.05) is 6.92 Å². The Morgan fingerprint density at radius 2 is 2.45 bits per heavy atom. The topological polar surface area (TPSA) is 40.5 Å². The summed E-state index contributed by atoms with van der Waals surface area (Å²) >= 11 is 0. The van der Waals surface area contributed by atoms with Crippen molar-refractivity contribution in [1.82, 2.24) is 4.90 Å². The quantitative estimate of drug-likeness (QED) is 0.481. The molecule has 1 N–H and O–H groups in total. The Balaban J connectivity index is 2.93. The zero-order valence-corrected chi connectivity index (χ0v) is 6.66. The highest BCUT2D eigenvalue weighted by molar-refractivity contribution is 5.90. The van der Waals surface area contributed by atoms with Crippen LogP contribution in [-0.4, -0.2) is 34.6 Å². The van der Waals surface area contributed by atoms with Crippen molar-refractivity contribution in [2.75, 3.05) is 7.05 Å². The highest BCUT2D eigenvalue weighted by atomic mass is 16.3. The maximum absolute atomic E-state index is 11.2.